The molecule has 1 aromatic carbocycles. The van der Waals surface area contributed by atoms with Crippen molar-refractivity contribution in [2.45, 2.75) is 26.3 Å². The van der Waals surface area contributed by atoms with E-state index in [0.29, 0.717) is 0 Å². The van der Waals surface area contributed by atoms with Gasteiger partial charge in [0.1, 0.15) is 5.82 Å². The Kier molecular flexibility index (Phi) is 4.85. The van der Waals surface area contributed by atoms with Gasteiger partial charge >= 0.3 is 0 Å². The van der Waals surface area contributed by atoms with E-state index in [4.69, 9.17) is 0 Å². The Labute approximate surface area is 108 Å². The SMILES string of the molecule is CCCNCc1ccnc(Cc2ccccc2)n1. The van der Waals surface area contributed by atoms with Crippen molar-refractivity contribution in [1.29, 1.82) is 0 Å². The van der Waals surface area contributed by atoms with Crippen molar-refractivity contribution in [3.8, 4) is 0 Å². The maximum Gasteiger partial charge on any atom is 0.132 e. The highest BCUT2D eigenvalue weighted by molar-refractivity contribution is 5.19. The van der Waals surface area contributed by atoms with E-state index in [1.165, 1.54) is 5.56 Å². The van der Waals surface area contributed by atoms with E-state index in [1.807, 2.05) is 30.5 Å². The van der Waals surface area contributed by atoms with Gasteiger partial charge in [-0.25, -0.2) is 9.97 Å². The minimum Gasteiger partial charge on any atom is -0.311 e. The number of hydrogen-bond acceptors (Lipinski definition) is 3. The van der Waals surface area contributed by atoms with Gasteiger partial charge in [0.05, 0.1) is 5.69 Å². The molecule has 0 saturated carbocycles. The molecule has 0 radical (unpaired) electrons. The summed E-state index contributed by atoms with van der Waals surface area (Å²) in [6, 6.07) is 12.3. The fourth-order valence-electron chi connectivity index (χ4n) is 1.80. The molecule has 2 aromatic rings. The quantitative estimate of drug-likeness (QED) is 0.790. The average molecular weight is 241 g/mol. The van der Waals surface area contributed by atoms with E-state index in [1.54, 1.807) is 0 Å². The second-order valence-electron chi connectivity index (χ2n) is 4.30. The molecule has 0 aliphatic carbocycles. The highest BCUT2D eigenvalue weighted by atomic mass is 14.9. The number of aromatic nitrogens is 2. The molecule has 0 saturated heterocycles. The summed E-state index contributed by atoms with van der Waals surface area (Å²) in [5.74, 6) is 0.886. The lowest BCUT2D eigenvalue weighted by molar-refractivity contribution is 0.659. The summed E-state index contributed by atoms with van der Waals surface area (Å²) in [4.78, 5) is 8.89. The van der Waals surface area contributed by atoms with Crippen molar-refractivity contribution < 1.29 is 0 Å². The Hall–Kier alpha value is -1.74. The normalized spacial score (nSPS) is 10.5. The summed E-state index contributed by atoms with van der Waals surface area (Å²) in [6.45, 7) is 4.00. The summed E-state index contributed by atoms with van der Waals surface area (Å²) >= 11 is 0. The van der Waals surface area contributed by atoms with Crippen LogP contribution in [0.4, 0.5) is 0 Å². The molecule has 3 heteroatoms. The van der Waals surface area contributed by atoms with E-state index in [9.17, 15) is 0 Å². The summed E-state index contributed by atoms with van der Waals surface area (Å²) in [6.07, 6.45) is 3.78. The molecule has 2 rings (SSSR count). The standard InChI is InChI=1S/C15H19N3/c1-2-9-16-12-14-8-10-17-15(18-14)11-13-6-4-3-5-7-13/h3-8,10,16H,2,9,11-12H2,1H3. The monoisotopic (exact) mass is 241 g/mol. The first-order valence-electron chi connectivity index (χ1n) is 6.44. The van der Waals surface area contributed by atoms with Gasteiger partial charge in [0.15, 0.2) is 0 Å². The van der Waals surface area contributed by atoms with Crippen molar-refractivity contribution in [3.05, 3.63) is 59.7 Å². The number of nitrogens with one attached hydrogen (secondary N) is 1. The Morgan fingerprint density at radius 3 is 2.72 bits per heavy atom. The second-order valence-corrected chi connectivity index (χ2v) is 4.30. The molecule has 0 aliphatic heterocycles. The zero-order chi connectivity index (χ0) is 12.6. The predicted octanol–water partition coefficient (Wildman–Crippen LogP) is 2.57. The van der Waals surface area contributed by atoms with Crippen LogP contribution in [0.15, 0.2) is 42.6 Å². The molecule has 0 fully saturated rings. The maximum absolute atomic E-state index is 4.57. The number of nitrogens with zero attached hydrogens (tertiary/aromatic N) is 2. The van der Waals surface area contributed by atoms with Gasteiger partial charge in [-0.3, -0.25) is 0 Å². The van der Waals surface area contributed by atoms with Gasteiger partial charge in [0.2, 0.25) is 0 Å². The molecule has 0 atom stereocenters. The molecule has 1 N–H and O–H groups in total. The first-order chi connectivity index (χ1) is 8.88. The predicted molar refractivity (Wildman–Crippen MR) is 73.3 cm³/mol. The van der Waals surface area contributed by atoms with Gasteiger partial charge in [-0.2, -0.15) is 0 Å². The fraction of sp³-hybridized carbons (Fsp3) is 0.333. The molecule has 1 aromatic heterocycles. The van der Waals surface area contributed by atoms with Crippen LogP contribution in [0.2, 0.25) is 0 Å². The lowest BCUT2D eigenvalue weighted by atomic mass is 10.1. The lowest BCUT2D eigenvalue weighted by Crippen LogP contribution is -2.15. The molecule has 0 spiro atoms. The van der Waals surface area contributed by atoms with Crippen molar-refractivity contribution in [2.24, 2.45) is 0 Å². The fourth-order valence-corrected chi connectivity index (χ4v) is 1.80. The topological polar surface area (TPSA) is 37.8 Å². The first-order valence-corrected chi connectivity index (χ1v) is 6.44. The molecule has 0 aliphatic rings. The minimum atomic E-state index is 0.794. The van der Waals surface area contributed by atoms with Crippen LogP contribution in [0.25, 0.3) is 0 Å². The van der Waals surface area contributed by atoms with Crippen LogP contribution in [0.3, 0.4) is 0 Å². The van der Waals surface area contributed by atoms with Crippen LogP contribution in [-0.4, -0.2) is 16.5 Å². The molecule has 0 amide bonds. The Morgan fingerprint density at radius 2 is 1.94 bits per heavy atom. The van der Waals surface area contributed by atoms with E-state index in [2.05, 4.69) is 34.3 Å². The van der Waals surface area contributed by atoms with Crippen LogP contribution in [0.5, 0.6) is 0 Å². The molecule has 94 valence electrons. The van der Waals surface area contributed by atoms with E-state index in [-0.39, 0.29) is 0 Å². The maximum atomic E-state index is 4.57. The average Bonchev–Trinajstić information content (AvgIpc) is 2.41. The molecule has 0 bridgehead atoms. The zero-order valence-electron chi connectivity index (χ0n) is 10.8. The van der Waals surface area contributed by atoms with Crippen LogP contribution < -0.4 is 5.32 Å². The molecular weight excluding hydrogens is 222 g/mol. The van der Waals surface area contributed by atoms with Gasteiger partial charge < -0.3 is 5.32 Å². The summed E-state index contributed by atoms with van der Waals surface area (Å²) < 4.78 is 0. The van der Waals surface area contributed by atoms with E-state index < -0.39 is 0 Å². The van der Waals surface area contributed by atoms with Gasteiger partial charge in [0, 0.05) is 19.2 Å². The molecule has 3 nitrogen and oxygen atoms in total. The highest BCUT2D eigenvalue weighted by Crippen LogP contribution is 2.05. The van der Waals surface area contributed by atoms with Gasteiger partial charge in [-0.15, -0.1) is 0 Å². The van der Waals surface area contributed by atoms with Gasteiger partial charge in [-0.05, 0) is 24.6 Å². The molecule has 18 heavy (non-hydrogen) atoms. The highest BCUT2D eigenvalue weighted by Gasteiger charge is 2.00. The smallest absolute Gasteiger partial charge is 0.132 e. The van der Waals surface area contributed by atoms with Gasteiger partial charge in [-0.1, -0.05) is 37.3 Å². The number of benzene rings is 1. The van der Waals surface area contributed by atoms with Crippen molar-refractivity contribution in [2.75, 3.05) is 6.54 Å². The van der Waals surface area contributed by atoms with Crippen LogP contribution in [-0.2, 0) is 13.0 Å². The van der Waals surface area contributed by atoms with E-state index >= 15 is 0 Å². The van der Waals surface area contributed by atoms with Gasteiger partial charge in [0.25, 0.3) is 0 Å². The summed E-state index contributed by atoms with van der Waals surface area (Å²) in [5.41, 5.74) is 2.31. The summed E-state index contributed by atoms with van der Waals surface area (Å²) in [5, 5.41) is 3.35. The van der Waals surface area contributed by atoms with Crippen molar-refractivity contribution in [1.82, 2.24) is 15.3 Å². The number of hydrogen-bond donors (Lipinski definition) is 1. The van der Waals surface area contributed by atoms with Crippen LogP contribution >= 0.6 is 0 Å². The third kappa shape index (κ3) is 3.93. The Morgan fingerprint density at radius 1 is 1.11 bits per heavy atom. The van der Waals surface area contributed by atoms with Crippen molar-refractivity contribution in [3.63, 3.8) is 0 Å². The molecular formula is C15H19N3. The third-order valence-corrected chi connectivity index (χ3v) is 2.70. The minimum absolute atomic E-state index is 0.794. The van der Waals surface area contributed by atoms with Crippen LogP contribution in [0, 0.1) is 0 Å². The molecule has 0 unspecified atom stereocenters. The first kappa shape index (κ1) is 12.7. The lowest BCUT2D eigenvalue weighted by Gasteiger charge is -2.05. The second kappa shape index (κ2) is 6.87. The van der Waals surface area contributed by atoms with Crippen LogP contribution in [0.1, 0.15) is 30.4 Å². The zero-order valence-corrected chi connectivity index (χ0v) is 10.8. The molecule has 1 heterocycles. The van der Waals surface area contributed by atoms with Crippen molar-refractivity contribution >= 4 is 0 Å². The number of rotatable bonds is 6. The Balaban J connectivity index is 1.99. The largest absolute Gasteiger partial charge is 0.311 e. The third-order valence-electron chi connectivity index (χ3n) is 2.70. The summed E-state index contributed by atoms with van der Waals surface area (Å²) in [7, 11) is 0. The Bertz CT molecular complexity index is 468. The van der Waals surface area contributed by atoms with E-state index in [0.717, 1.165) is 37.4 Å².